The van der Waals surface area contributed by atoms with Crippen molar-refractivity contribution >= 4 is 15.7 Å². The molecule has 0 bridgehead atoms. The Morgan fingerprint density at radius 1 is 1.78 bits per heavy atom. The highest BCUT2D eigenvalue weighted by Gasteiger charge is 2.17. The zero-order valence-corrected chi connectivity index (χ0v) is 5.97. The van der Waals surface area contributed by atoms with Gasteiger partial charge in [0.15, 0.2) is 0 Å². The van der Waals surface area contributed by atoms with Crippen LogP contribution in [-0.2, 0) is 4.57 Å². The third-order valence-corrected chi connectivity index (χ3v) is 1.36. The number of hydrogen-bond donors (Lipinski definition) is 3. The maximum atomic E-state index is 9.91. The number of nitrogens with one attached hydrogen (secondary N) is 1. The van der Waals surface area contributed by atoms with Crippen LogP contribution in [-0.4, -0.2) is 23.1 Å². The van der Waals surface area contributed by atoms with Gasteiger partial charge in [0, 0.05) is 0 Å². The molecule has 0 aliphatic carbocycles. The summed E-state index contributed by atoms with van der Waals surface area (Å²) in [7, 11) is -2.69. The fourth-order valence-electron chi connectivity index (χ4n) is 0.354. The molecule has 0 aliphatic heterocycles. The molecule has 0 saturated heterocycles. The molecule has 0 heterocycles. The summed E-state index contributed by atoms with van der Waals surface area (Å²) in [5, 5.41) is 19.2. The third kappa shape index (κ3) is 3.48. The lowest BCUT2D eigenvalue weighted by Gasteiger charge is -2.06. The van der Waals surface area contributed by atoms with Gasteiger partial charge in [-0.3, -0.25) is 5.09 Å². The molecule has 52 valence electrons. The summed E-state index contributed by atoms with van der Waals surface area (Å²) in [6.45, 7) is 3.29. The van der Waals surface area contributed by atoms with Crippen LogP contribution in [0, 0.1) is 0 Å². The van der Waals surface area contributed by atoms with E-state index in [0.29, 0.717) is 0 Å². The molecule has 0 saturated carbocycles. The van der Waals surface area contributed by atoms with E-state index in [4.69, 9.17) is 10.0 Å². The van der Waals surface area contributed by atoms with Crippen LogP contribution < -0.4 is 5.09 Å². The van der Waals surface area contributed by atoms with Crippen LogP contribution in [0.15, 0.2) is 12.7 Å². The molecule has 0 rings (SSSR count). The van der Waals surface area contributed by atoms with Crippen molar-refractivity contribution in [2.24, 2.45) is 0 Å². The largest absolute Gasteiger partial charge is 0.474 e. The monoisotopic (exact) mass is 149 g/mol. The van der Waals surface area contributed by atoms with E-state index in [1.165, 1.54) is 6.08 Å². The van der Waals surface area contributed by atoms with Crippen molar-refractivity contribution in [1.82, 2.24) is 5.09 Å². The van der Waals surface area contributed by atoms with Gasteiger partial charge in [-0.1, -0.05) is 6.08 Å². The van der Waals surface area contributed by atoms with E-state index in [-0.39, 0.29) is 0 Å². The summed E-state index contributed by atoms with van der Waals surface area (Å²) in [6.07, 6.45) is 1.29. The second-order valence-corrected chi connectivity index (χ2v) is 2.03. The van der Waals surface area contributed by atoms with Gasteiger partial charge in [0.25, 0.3) is 0 Å². The van der Waals surface area contributed by atoms with Gasteiger partial charge in [-0.15, -0.1) is 6.58 Å². The van der Waals surface area contributed by atoms with Crippen LogP contribution >= 0.6 is 8.61 Å². The maximum absolute atomic E-state index is 9.91. The summed E-state index contributed by atoms with van der Waals surface area (Å²) in [4.78, 5) is 0. The smallest absolute Gasteiger partial charge is 0.426 e. The molecule has 0 aromatic carbocycles. The molecule has 0 spiro atoms. The van der Waals surface area contributed by atoms with E-state index >= 15 is 0 Å². The third-order valence-electron chi connectivity index (χ3n) is 0.836. The standard InChI is InChI=1S/C3H9BNO3P/c1-2-3(4(6)7)5-9-8/h2-3,6-7H,1,9H2,(H,5,8). The first kappa shape index (κ1) is 8.91. The van der Waals surface area contributed by atoms with Crippen molar-refractivity contribution in [3.63, 3.8) is 0 Å². The van der Waals surface area contributed by atoms with Crippen molar-refractivity contribution in [3.8, 4) is 0 Å². The molecule has 9 heavy (non-hydrogen) atoms. The normalized spacial score (nSPS) is 14.0. The summed E-state index contributed by atoms with van der Waals surface area (Å²) >= 11 is 0. The van der Waals surface area contributed by atoms with Crippen molar-refractivity contribution in [2.45, 2.75) is 5.94 Å². The first-order valence-corrected chi connectivity index (χ1v) is 3.45. The Balaban J connectivity index is 3.66. The van der Waals surface area contributed by atoms with Crippen molar-refractivity contribution in [2.75, 3.05) is 0 Å². The van der Waals surface area contributed by atoms with Gasteiger partial charge in [-0.05, 0) is 0 Å². The summed E-state index contributed by atoms with van der Waals surface area (Å²) in [6, 6.07) is 0. The van der Waals surface area contributed by atoms with Gasteiger partial charge in [0.05, 0.1) is 5.94 Å². The van der Waals surface area contributed by atoms with Gasteiger partial charge in [-0.2, -0.15) is 0 Å². The van der Waals surface area contributed by atoms with Crippen molar-refractivity contribution < 1.29 is 14.6 Å². The number of hydrogen-bond acceptors (Lipinski definition) is 3. The Morgan fingerprint density at radius 2 is 2.33 bits per heavy atom. The predicted molar refractivity (Wildman–Crippen MR) is 37.7 cm³/mol. The van der Waals surface area contributed by atoms with Crippen LogP contribution in [0.2, 0.25) is 0 Å². The topological polar surface area (TPSA) is 69.6 Å². The minimum Gasteiger partial charge on any atom is -0.426 e. The zero-order chi connectivity index (χ0) is 7.28. The Labute approximate surface area is 55.0 Å². The number of rotatable bonds is 4. The minimum absolute atomic E-state index is 0.683. The quantitative estimate of drug-likeness (QED) is 0.267. The van der Waals surface area contributed by atoms with Crippen molar-refractivity contribution in [3.05, 3.63) is 12.7 Å². The van der Waals surface area contributed by atoms with Crippen LogP contribution in [0.5, 0.6) is 0 Å². The van der Waals surface area contributed by atoms with Gasteiger partial charge in [0.2, 0.25) is 0 Å². The Morgan fingerprint density at radius 3 is 2.44 bits per heavy atom. The fraction of sp³-hybridized carbons (Fsp3) is 0.333. The molecule has 0 fully saturated rings. The Hall–Kier alpha value is -0.0851. The SMILES string of the molecule is C=CC(N[PH2]=O)B(O)O. The second kappa shape index (κ2) is 4.76. The molecule has 6 heteroatoms. The fourth-order valence-corrected chi connectivity index (χ4v) is 0.820. The van der Waals surface area contributed by atoms with Gasteiger partial charge >= 0.3 is 7.12 Å². The zero-order valence-electron chi connectivity index (χ0n) is 4.82. The van der Waals surface area contributed by atoms with Crippen LogP contribution in [0.3, 0.4) is 0 Å². The molecule has 0 aromatic heterocycles. The van der Waals surface area contributed by atoms with Crippen LogP contribution in [0.25, 0.3) is 0 Å². The van der Waals surface area contributed by atoms with E-state index < -0.39 is 21.7 Å². The summed E-state index contributed by atoms with van der Waals surface area (Å²) in [5.74, 6) is -0.683. The predicted octanol–water partition coefficient (Wildman–Crippen LogP) is -1.19. The van der Waals surface area contributed by atoms with Gasteiger partial charge in [-0.25, -0.2) is 0 Å². The van der Waals surface area contributed by atoms with E-state index in [1.54, 1.807) is 0 Å². The molecular weight excluding hydrogens is 140 g/mol. The lowest BCUT2D eigenvalue weighted by atomic mass is 9.81. The van der Waals surface area contributed by atoms with Crippen LogP contribution in [0.1, 0.15) is 0 Å². The second-order valence-electron chi connectivity index (χ2n) is 1.46. The lowest BCUT2D eigenvalue weighted by Crippen LogP contribution is -2.37. The van der Waals surface area contributed by atoms with Gasteiger partial charge in [0.1, 0.15) is 8.61 Å². The molecule has 3 N–H and O–H groups in total. The van der Waals surface area contributed by atoms with E-state index in [2.05, 4.69) is 11.7 Å². The molecule has 0 radical (unpaired) electrons. The molecule has 0 aliphatic rings. The van der Waals surface area contributed by atoms with Crippen molar-refractivity contribution in [1.29, 1.82) is 0 Å². The maximum Gasteiger partial charge on any atom is 0.474 e. The van der Waals surface area contributed by atoms with Crippen LogP contribution in [0.4, 0.5) is 0 Å². The van der Waals surface area contributed by atoms with E-state index in [0.717, 1.165) is 0 Å². The molecule has 0 aromatic rings. The average Bonchev–Trinajstić information content (AvgIpc) is 1.82. The minimum atomic E-state index is -1.52. The molecule has 4 nitrogen and oxygen atoms in total. The molecule has 0 amide bonds. The highest BCUT2D eigenvalue weighted by atomic mass is 31.1. The van der Waals surface area contributed by atoms with E-state index in [1.807, 2.05) is 0 Å². The Bertz CT molecular complexity index is 109. The van der Waals surface area contributed by atoms with Gasteiger partial charge < -0.3 is 14.6 Å². The molecule has 2 unspecified atom stereocenters. The molecular formula is C3H9BNO3P. The summed E-state index contributed by atoms with van der Waals surface area (Å²) < 4.78 is 9.91. The summed E-state index contributed by atoms with van der Waals surface area (Å²) in [5.41, 5.74) is 0. The first-order chi connectivity index (χ1) is 4.22. The molecule has 2 atom stereocenters. The van der Waals surface area contributed by atoms with E-state index in [9.17, 15) is 4.57 Å². The average molecular weight is 149 g/mol. The Kier molecular flexibility index (Phi) is 4.72. The first-order valence-electron chi connectivity index (χ1n) is 2.40. The lowest BCUT2D eigenvalue weighted by molar-refractivity contribution is 0.393. The highest BCUT2D eigenvalue weighted by molar-refractivity contribution is 7.21. The highest BCUT2D eigenvalue weighted by Crippen LogP contribution is 1.92.